The summed E-state index contributed by atoms with van der Waals surface area (Å²) in [5, 5.41) is 1.25. The van der Waals surface area contributed by atoms with E-state index in [1.807, 2.05) is 12.1 Å². The van der Waals surface area contributed by atoms with Crippen LogP contribution < -0.4 is 0 Å². The quantitative estimate of drug-likeness (QED) is 0.691. The number of rotatable bonds is 2. The third kappa shape index (κ3) is 2.91. The molecule has 0 aliphatic rings. The lowest BCUT2D eigenvalue weighted by Gasteiger charge is -2.05. The van der Waals surface area contributed by atoms with Crippen molar-refractivity contribution < 1.29 is 0 Å². The standard InChI is InChI=1S/C8H6Br2Cl2/c9-7(10)4-5-2-1-3-6(11)8(5)12/h1-3,7H,4H2. The average molecular weight is 333 g/mol. The van der Waals surface area contributed by atoms with Gasteiger partial charge in [-0.25, -0.2) is 0 Å². The average Bonchev–Trinajstić information content (AvgIpc) is 1.98. The van der Waals surface area contributed by atoms with Gasteiger partial charge in [0.25, 0.3) is 0 Å². The van der Waals surface area contributed by atoms with Crippen molar-refractivity contribution in [3.63, 3.8) is 0 Å². The van der Waals surface area contributed by atoms with Crippen LogP contribution in [0.4, 0.5) is 0 Å². The molecule has 0 aliphatic heterocycles. The van der Waals surface area contributed by atoms with Crippen LogP contribution >= 0.6 is 55.1 Å². The van der Waals surface area contributed by atoms with Gasteiger partial charge in [0.15, 0.2) is 0 Å². The monoisotopic (exact) mass is 330 g/mol. The normalized spacial score (nSPS) is 10.8. The molecule has 0 aromatic heterocycles. The summed E-state index contributed by atoms with van der Waals surface area (Å²) in [4.78, 5) is 0. The van der Waals surface area contributed by atoms with Crippen LogP contribution in [-0.4, -0.2) is 3.74 Å². The molecule has 0 saturated heterocycles. The Balaban J connectivity index is 2.92. The molecular weight excluding hydrogens is 327 g/mol. The van der Waals surface area contributed by atoms with E-state index in [2.05, 4.69) is 31.9 Å². The zero-order chi connectivity index (χ0) is 9.14. The molecule has 0 heterocycles. The second-order valence-electron chi connectivity index (χ2n) is 2.31. The fourth-order valence-corrected chi connectivity index (χ4v) is 1.97. The highest BCUT2D eigenvalue weighted by Crippen LogP contribution is 2.28. The molecule has 0 saturated carbocycles. The van der Waals surface area contributed by atoms with Gasteiger partial charge in [-0.15, -0.1) is 0 Å². The highest BCUT2D eigenvalue weighted by atomic mass is 79.9. The topological polar surface area (TPSA) is 0 Å². The first-order valence-electron chi connectivity index (χ1n) is 3.32. The molecule has 0 fully saturated rings. The molecule has 0 bridgehead atoms. The van der Waals surface area contributed by atoms with Crippen molar-refractivity contribution in [3.05, 3.63) is 33.8 Å². The Morgan fingerprint density at radius 3 is 2.50 bits per heavy atom. The Labute approximate surface area is 98.5 Å². The van der Waals surface area contributed by atoms with Gasteiger partial charge in [-0.05, 0) is 18.1 Å². The first-order valence-corrected chi connectivity index (χ1v) is 5.91. The molecule has 0 unspecified atom stereocenters. The minimum absolute atomic E-state index is 0.237. The summed E-state index contributed by atoms with van der Waals surface area (Å²) in [5.41, 5.74) is 1.04. The summed E-state index contributed by atoms with van der Waals surface area (Å²) in [6.45, 7) is 0. The van der Waals surface area contributed by atoms with Crippen molar-refractivity contribution in [1.82, 2.24) is 0 Å². The molecule has 66 valence electrons. The smallest absolute Gasteiger partial charge is 0.0738 e. The first-order chi connectivity index (χ1) is 5.61. The highest BCUT2D eigenvalue weighted by molar-refractivity contribution is 9.24. The summed E-state index contributed by atoms with van der Waals surface area (Å²) in [6, 6.07) is 5.64. The maximum Gasteiger partial charge on any atom is 0.0738 e. The van der Waals surface area contributed by atoms with Crippen molar-refractivity contribution >= 4 is 55.1 Å². The van der Waals surface area contributed by atoms with Crippen LogP contribution in [-0.2, 0) is 6.42 Å². The molecular formula is C8H6Br2Cl2. The van der Waals surface area contributed by atoms with Crippen molar-refractivity contribution in [2.24, 2.45) is 0 Å². The minimum atomic E-state index is 0.237. The van der Waals surface area contributed by atoms with Gasteiger partial charge >= 0.3 is 0 Å². The van der Waals surface area contributed by atoms with E-state index in [9.17, 15) is 0 Å². The van der Waals surface area contributed by atoms with Gasteiger partial charge in [0.05, 0.1) is 13.8 Å². The van der Waals surface area contributed by atoms with Crippen molar-refractivity contribution in [2.75, 3.05) is 0 Å². The number of alkyl halides is 2. The van der Waals surface area contributed by atoms with Gasteiger partial charge in [-0.1, -0.05) is 67.2 Å². The van der Waals surface area contributed by atoms with E-state index >= 15 is 0 Å². The Hall–Kier alpha value is 0.760. The molecule has 12 heavy (non-hydrogen) atoms. The summed E-state index contributed by atoms with van der Waals surface area (Å²) in [5.74, 6) is 0. The maximum absolute atomic E-state index is 5.96. The second kappa shape index (κ2) is 4.85. The molecule has 0 N–H and O–H groups in total. The molecule has 0 nitrogen and oxygen atoms in total. The van der Waals surface area contributed by atoms with Gasteiger partial charge in [-0.2, -0.15) is 0 Å². The molecule has 1 aromatic carbocycles. The Morgan fingerprint density at radius 2 is 1.92 bits per heavy atom. The zero-order valence-electron chi connectivity index (χ0n) is 6.03. The molecule has 0 amide bonds. The van der Waals surface area contributed by atoms with E-state index in [1.165, 1.54) is 0 Å². The molecule has 0 radical (unpaired) electrons. The largest absolute Gasteiger partial charge is 0.0827 e. The number of hydrogen-bond acceptors (Lipinski definition) is 0. The van der Waals surface area contributed by atoms with Gasteiger partial charge in [0.2, 0.25) is 0 Å². The van der Waals surface area contributed by atoms with E-state index in [0.29, 0.717) is 10.0 Å². The van der Waals surface area contributed by atoms with E-state index in [-0.39, 0.29) is 3.74 Å². The fourth-order valence-electron chi connectivity index (χ4n) is 0.872. The van der Waals surface area contributed by atoms with E-state index < -0.39 is 0 Å². The van der Waals surface area contributed by atoms with Crippen LogP contribution in [0.3, 0.4) is 0 Å². The Kier molecular flexibility index (Phi) is 4.38. The summed E-state index contributed by atoms with van der Waals surface area (Å²) < 4.78 is 0.237. The van der Waals surface area contributed by atoms with Crippen molar-refractivity contribution in [3.8, 4) is 0 Å². The third-order valence-electron chi connectivity index (χ3n) is 1.41. The van der Waals surface area contributed by atoms with Crippen LogP contribution in [0, 0.1) is 0 Å². The minimum Gasteiger partial charge on any atom is -0.0827 e. The maximum atomic E-state index is 5.96. The predicted octanol–water partition coefficient (Wildman–Crippen LogP) is 4.65. The summed E-state index contributed by atoms with van der Waals surface area (Å²) in [6.07, 6.45) is 0.819. The predicted molar refractivity (Wildman–Crippen MR) is 61.8 cm³/mol. The number of halogens is 4. The molecule has 4 heteroatoms. The van der Waals surface area contributed by atoms with Crippen molar-refractivity contribution in [1.29, 1.82) is 0 Å². The summed E-state index contributed by atoms with van der Waals surface area (Å²) >= 11 is 18.6. The van der Waals surface area contributed by atoms with Gasteiger partial charge in [-0.3, -0.25) is 0 Å². The van der Waals surface area contributed by atoms with Crippen LogP contribution in [0.2, 0.25) is 10.0 Å². The lowest BCUT2D eigenvalue weighted by atomic mass is 10.2. The van der Waals surface area contributed by atoms with Crippen LogP contribution in [0.1, 0.15) is 5.56 Å². The van der Waals surface area contributed by atoms with E-state index in [1.54, 1.807) is 6.07 Å². The fraction of sp³-hybridized carbons (Fsp3) is 0.250. The SMILES string of the molecule is Clc1cccc(CC(Br)Br)c1Cl. The molecule has 1 rings (SSSR count). The Morgan fingerprint density at radius 1 is 1.25 bits per heavy atom. The van der Waals surface area contributed by atoms with E-state index in [0.717, 1.165) is 12.0 Å². The van der Waals surface area contributed by atoms with Gasteiger partial charge in [0, 0.05) is 0 Å². The molecule has 0 spiro atoms. The molecule has 1 aromatic rings. The highest BCUT2D eigenvalue weighted by Gasteiger charge is 2.06. The van der Waals surface area contributed by atoms with Gasteiger partial charge in [0.1, 0.15) is 0 Å². The van der Waals surface area contributed by atoms with Crippen LogP contribution in [0.15, 0.2) is 18.2 Å². The second-order valence-corrected chi connectivity index (χ2v) is 6.53. The lowest BCUT2D eigenvalue weighted by molar-refractivity contribution is 1.13. The van der Waals surface area contributed by atoms with Crippen molar-refractivity contribution in [2.45, 2.75) is 10.2 Å². The zero-order valence-corrected chi connectivity index (χ0v) is 10.7. The lowest BCUT2D eigenvalue weighted by Crippen LogP contribution is -1.93. The van der Waals surface area contributed by atoms with Crippen LogP contribution in [0.25, 0.3) is 0 Å². The van der Waals surface area contributed by atoms with E-state index in [4.69, 9.17) is 23.2 Å². The number of hydrogen-bond donors (Lipinski definition) is 0. The van der Waals surface area contributed by atoms with Crippen LogP contribution in [0.5, 0.6) is 0 Å². The molecule has 0 aliphatic carbocycles. The third-order valence-corrected chi connectivity index (χ3v) is 2.91. The van der Waals surface area contributed by atoms with Gasteiger partial charge < -0.3 is 0 Å². The number of benzene rings is 1. The molecule has 0 atom stereocenters. The summed E-state index contributed by atoms with van der Waals surface area (Å²) in [7, 11) is 0. The first kappa shape index (κ1) is 10.8. The Bertz CT molecular complexity index is 274.